The Hall–Kier alpha value is -0.660. The fourth-order valence-electron chi connectivity index (χ4n) is 2.20. The highest BCUT2D eigenvalue weighted by atomic mass is 32.2. The summed E-state index contributed by atoms with van der Waals surface area (Å²) in [6.45, 7) is 2.71. The average Bonchev–Trinajstić information content (AvgIpc) is 2.44. The van der Waals surface area contributed by atoms with Gasteiger partial charge in [-0.1, -0.05) is 58.3 Å². The maximum Gasteiger partial charge on any atom is 0.326 e. The van der Waals surface area contributed by atoms with E-state index < -0.39 is 21.3 Å². The van der Waals surface area contributed by atoms with Gasteiger partial charge in [-0.15, -0.1) is 0 Å². The zero-order valence-corrected chi connectivity index (χ0v) is 14.7. The van der Waals surface area contributed by atoms with Crippen LogP contribution in [-0.2, 0) is 19.6 Å². The predicted molar refractivity (Wildman–Crippen MR) is 87.4 cm³/mol. The lowest BCUT2D eigenvalue weighted by Crippen LogP contribution is -2.33. The lowest BCUT2D eigenvalue weighted by Gasteiger charge is -2.13. The number of rotatable bonds is 14. The Morgan fingerprint density at radius 3 is 2.14 bits per heavy atom. The van der Waals surface area contributed by atoms with E-state index in [1.54, 1.807) is 7.05 Å². The van der Waals surface area contributed by atoms with E-state index in [0.717, 1.165) is 19.3 Å². The molecule has 7 heteroatoms. The topological polar surface area (TPSA) is 92.7 Å². The van der Waals surface area contributed by atoms with Gasteiger partial charge in [0.05, 0.1) is 0 Å². The monoisotopic (exact) mass is 337 g/mol. The molecule has 0 amide bonds. The Morgan fingerprint density at radius 2 is 1.64 bits per heavy atom. The van der Waals surface area contributed by atoms with E-state index in [2.05, 4.69) is 12.2 Å². The predicted octanol–water partition coefficient (Wildman–Crippen LogP) is 2.54. The Bertz CT molecular complexity index is 383. The van der Waals surface area contributed by atoms with Gasteiger partial charge in [-0.25, -0.2) is 0 Å². The molecule has 22 heavy (non-hydrogen) atoms. The molecule has 1 unspecified atom stereocenters. The van der Waals surface area contributed by atoms with Crippen molar-refractivity contribution < 1.29 is 22.5 Å². The molecule has 0 radical (unpaired) electrons. The summed E-state index contributed by atoms with van der Waals surface area (Å²) < 4.78 is 36.6. The van der Waals surface area contributed by atoms with Gasteiger partial charge in [0.2, 0.25) is 0 Å². The van der Waals surface area contributed by atoms with Gasteiger partial charge in [-0.2, -0.15) is 8.42 Å². The van der Waals surface area contributed by atoms with Crippen LogP contribution in [0.5, 0.6) is 0 Å². The van der Waals surface area contributed by atoms with E-state index in [1.807, 2.05) is 0 Å². The maximum atomic E-state index is 11.7. The fraction of sp³-hybridized carbons (Fsp3) is 0.933. The van der Waals surface area contributed by atoms with Crippen molar-refractivity contribution in [1.29, 1.82) is 0 Å². The van der Waals surface area contributed by atoms with Gasteiger partial charge in [0, 0.05) is 6.54 Å². The second-order valence-corrected chi connectivity index (χ2v) is 7.14. The first kappa shape index (κ1) is 21.3. The zero-order chi connectivity index (χ0) is 16.8. The van der Waals surface area contributed by atoms with Crippen LogP contribution in [0.1, 0.15) is 64.7 Å². The lowest BCUT2D eigenvalue weighted by atomic mass is 10.1. The van der Waals surface area contributed by atoms with Crippen LogP contribution >= 0.6 is 0 Å². The summed E-state index contributed by atoms with van der Waals surface area (Å²) in [7, 11) is -2.70. The van der Waals surface area contributed by atoms with Gasteiger partial charge in [0.1, 0.15) is 6.61 Å². The maximum absolute atomic E-state index is 11.7. The molecule has 2 N–H and O–H groups in total. The highest BCUT2D eigenvalue weighted by Crippen LogP contribution is 2.15. The minimum Gasteiger partial charge on any atom is -0.463 e. The molecule has 0 fully saturated rings. The van der Waals surface area contributed by atoms with Crippen LogP contribution in [0.2, 0.25) is 0 Å². The fourth-order valence-corrected chi connectivity index (χ4v) is 2.97. The van der Waals surface area contributed by atoms with E-state index in [9.17, 15) is 13.2 Å². The quantitative estimate of drug-likeness (QED) is 0.287. The Kier molecular flexibility index (Phi) is 12.5. The van der Waals surface area contributed by atoms with Crippen LogP contribution in [0.15, 0.2) is 0 Å². The molecule has 6 nitrogen and oxygen atoms in total. The largest absolute Gasteiger partial charge is 0.463 e. The molecule has 0 saturated carbocycles. The second-order valence-electron chi connectivity index (χ2n) is 5.54. The summed E-state index contributed by atoms with van der Waals surface area (Å²) in [5, 5.41) is 1.34. The van der Waals surface area contributed by atoms with Crippen molar-refractivity contribution in [2.24, 2.45) is 0 Å². The van der Waals surface area contributed by atoms with Crippen molar-refractivity contribution in [3.05, 3.63) is 0 Å². The molecule has 0 aromatic heterocycles. The molecule has 0 aliphatic rings. The number of ether oxygens (including phenoxy) is 1. The van der Waals surface area contributed by atoms with E-state index in [-0.39, 0.29) is 13.0 Å². The van der Waals surface area contributed by atoms with E-state index in [4.69, 9.17) is 9.29 Å². The first-order chi connectivity index (χ1) is 10.4. The minimum absolute atomic E-state index is 0.0960. The SMILES string of the molecule is CCCCCCCCCCC(C(=O)OCCNC)S(=O)(=O)O. The number of nitrogens with one attached hydrogen (secondary N) is 1. The van der Waals surface area contributed by atoms with Gasteiger partial charge in [-0.3, -0.25) is 9.35 Å². The van der Waals surface area contributed by atoms with Crippen molar-refractivity contribution in [2.75, 3.05) is 20.2 Å². The Morgan fingerprint density at radius 1 is 1.09 bits per heavy atom. The van der Waals surface area contributed by atoms with Crippen LogP contribution < -0.4 is 5.32 Å². The van der Waals surface area contributed by atoms with Gasteiger partial charge in [-0.05, 0) is 13.5 Å². The molecule has 132 valence electrons. The van der Waals surface area contributed by atoms with Gasteiger partial charge in [0.25, 0.3) is 10.1 Å². The number of unbranched alkanes of at least 4 members (excludes halogenated alkanes) is 7. The Labute approximate surface area is 134 Å². The molecule has 0 aromatic carbocycles. The average molecular weight is 337 g/mol. The molecule has 0 aliphatic carbocycles. The smallest absolute Gasteiger partial charge is 0.326 e. The molecule has 0 saturated heterocycles. The van der Waals surface area contributed by atoms with Crippen LogP contribution in [0.3, 0.4) is 0 Å². The molecule has 0 aromatic rings. The van der Waals surface area contributed by atoms with E-state index in [1.165, 1.54) is 25.7 Å². The normalized spacial score (nSPS) is 13.0. The molecular formula is C15H31NO5S. The summed E-state index contributed by atoms with van der Waals surface area (Å²) in [6.07, 6.45) is 8.63. The van der Waals surface area contributed by atoms with Crippen LogP contribution in [-0.4, -0.2) is 44.4 Å². The molecule has 1 atom stereocenters. The van der Waals surface area contributed by atoms with E-state index in [0.29, 0.717) is 13.0 Å². The van der Waals surface area contributed by atoms with Crippen molar-refractivity contribution in [1.82, 2.24) is 5.32 Å². The summed E-state index contributed by atoms with van der Waals surface area (Å²) in [4.78, 5) is 11.7. The number of hydrogen-bond acceptors (Lipinski definition) is 5. The van der Waals surface area contributed by atoms with Gasteiger partial charge < -0.3 is 10.1 Å². The second kappa shape index (κ2) is 12.8. The molecular weight excluding hydrogens is 306 g/mol. The van der Waals surface area contributed by atoms with Crippen LogP contribution in [0.25, 0.3) is 0 Å². The van der Waals surface area contributed by atoms with Crippen molar-refractivity contribution >= 4 is 16.1 Å². The van der Waals surface area contributed by atoms with Gasteiger partial charge >= 0.3 is 5.97 Å². The van der Waals surface area contributed by atoms with Crippen LogP contribution in [0.4, 0.5) is 0 Å². The highest BCUT2D eigenvalue weighted by molar-refractivity contribution is 7.87. The van der Waals surface area contributed by atoms with Crippen molar-refractivity contribution in [3.63, 3.8) is 0 Å². The molecule has 0 spiro atoms. The first-order valence-electron chi connectivity index (χ1n) is 8.21. The Balaban J connectivity index is 3.99. The number of esters is 1. The third kappa shape index (κ3) is 11.0. The summed E-state index contributed by atoms with van der Waals surface area (Å²) in [5.41, 5.74) is 0. The van der Waals surface area contributed by atoms with Gasteiger partial charge in [0.15, 0.2) is 5.25 Å². The molecule has 0 rings (SSSR count). The number of hydrogen-bond donors (Lipinski definition) is 2. The van der Waals surface area contributed by atoms with Crippen molar-refractivity contribution in [3.8, 4) is 0 Å². The third-order valence-corrected chi connectivity index (χ3v) is 4.69. The minimum atomic E-state index is -4.40. The standard InChI is InChI=1S/C15H31NO5S/c1-3-4-5-6-7-8-9-10-11-14(22(18,19)20)15(17)21-13-12-16-2/h14,16H,3-13H2,1-2H3,(H,18,19,20). The molecule has 0 aliphatic heterocycles. The lowest BCUT2D eigenvalue weighted by molar-refractivity contribution is -0.143. The highest BCUT2D eigenvalue weighted by Gasteiger charge is 2.31. The zero-order valence-electron chi connectivity index (χ0n) is 13.8. The summed E-state index contributed by atoms with van der Waals surface area (Å²) in [5.74, 6) is -0.860. The van der Waals surface area contributed by atoms with Crippen LogP contribution in [0, 0.1) is 0 Å². The van der Waals surface area contributed by atoms with E-state index >= 15 is 0 Å². The number of carbonyl (C=O) groups excluding carboxylic acids is 1. The summed E-state index contributed by atoms with van der Waals surface area (Å²) in [6, 6.07) is 0. The third-order valence-electron chi connectivity index (χ3n) is 3.54. The number of carbonyl (C=O) groups is 1. The summed E-state index contributed by atoms with van der Waals surface area (Å²) >= 11 is 0. The van der Waals surface area contributed by atoms with Crippen molar-refractivity contribution in [2.45, 2.75) is 70.0 Å². The molecule has 0 bridgehead atoms. The molecule has 0 heterocycles. The number of likely N-dealkylation sites (N-methyl/N-ethyl adjacent to an activating group) is 1. The first-order valence-corrected chi connectivity index (χ1v) is 9.71.